The third-order valence-corrected chi connectivity index (χ3v) is 5.38. The predicted molar refractivity (Wildman–Crippen MR) is 113 cm³/mol. The van der Waals surface area contributed by atoms with Crippen molar-refractivity contribution in [2.75, 3.05) is 5.32 Å². The van der Waals surface area contributed by atoms with Gasteiger partial charge in [0.05, 0.1) is 6.04 Å². The van der Waals surface area contributed by atoms with Crippen molar-refractivity contribution in [3.63, 3.8) is 0 Å². The summed E-state index contributed by atoms with van der Waals surface area (Å²) < 4.78 is 5.97. The zero-order chi connectivity index (χ0) is 19.5. The third kappa shape index (κ3) is 4.09. The standard InChI is InChI=1S/C25H25NO2/c1-17-11-21-13-22(27)15-25(26-24(21)12-18(17)2)20-9-6-10-23(14-20)28-16-19-7-4-3-5-8-19/h3-12,14,25-26H,13,15-16H2,1-2H3. The van der Waals surface area contributed by atoms with E-state index < -0.39 is 0 Å². The molecular weight excluding hydrogens is 346 g/mol. The minimum atomic E-state index is -0.0452. The molecule has 0 aliphatic carbocycles. The van der Waals surface area contributed by atoms with Gasteiger partial charge in [-0.3, -0.25) is 4.79 Å². The summed E-state index contributed by atoms with van der Waals surface area (Å²) in [5.74, 6) is 1.08. The van der Waals surface area contributed by atoms with Crippen LogP contribution < -0.4 is 10.1 Å². The number of fused-ring (bicyclic) bond motifs is 1. The SMILES string of the molecule is Cc1cc2c(cc1C)NC(c1cccc(OCc3ccccc3)c1)CC(=O)C2. The lowest BCUT2D eigenvalue weighted by Gasteiger charge is -2.20. The third-order valence-electron chi connectivity index (χ3n) is 5.38. The summed E-state index contributed by atoms with van der Waals surface area (Å²) in [6.45, 7) is 4.73. The molecule has 0 fully saturated rings. The van der Waals surface area contributed by atoms with Crippen LogP contribution >= 0.6 is 0 Å². The molecule has 1 N–H and O–H groups in total. The average molecular weight is 371 g/mol. The van der Waals surface area contributed by atoms with Crippen LogP contribution in [0.25, 0.3) is 0 Å². The van der Waals surface area contributed by atoms with Crippen LogP contribution in [0.5, 0.6) is 5.75 Å². The van der Waals surface area contributed by atoms with Gasteiger partial charge >= 0.3 is 0 Å². The zero-order valence-electron chi connectivity index (χ0n) is 16.4. The Bertz CT molecular complexity index is 995. The van der Waals surface area contributed by atoms with Gasteiger partial charge in [-0.15, -0.1) is 0 Å². The second-order valence-corrected chi connectivity index (χ2v) is 7.56. The number of ketones is 1. The average Bonchev–Trinajstić information content (AvgIpc) is 2.86. The van der Waals surface area contributed by atoms with Crippen LogP contribution in [0.4, 0.5) is 5.69 Å². The summed E-state index contributed by atoms with van der Waals surface area (Å²) in [6, 6.07) is 22.4. The number of anilines is 1. The topological polar surface area (TPSA) is 38.3 Å². The van der Waals surface area contributed by atoms with Gasteiger partial charge in [-0.2, -0.15) is 0 Å². The molecule has 142 valence electrons. The first-order chi connectivity index (χ1) is 13.6. The van der Waals surface area contributed by atoms with E-state index in [1.165, 1.54) is 11.1 Å². The number of hydrogen-bond acceptors (Lipinski definition) is 3. The molecule has 3 aromatic carbocycles. The van der Waals surface area contributed by atoms with Crippen LogP contribution in [0, 0.1) is 13.8 Å². The maximum Gasteiger partial charge on any atom is 0.139 e. The first-order valence-corrected chi connectivity index (χ1v) is 9.73. The highest BCUT2D eigenvalue weighted by molar-refractivity contribution is 5.85. The van der Waals surface area contributed by atoms with Gasteiger partial charge in [0.25, 0.3) is 0 Å². The summed E-state index contributed by atoms with van der Waals surface area (Å²) in [7, 11) is 0. The van der Waals surface area contributed by atoms with Crippen molar-refractivity contribution in [1.29, 1.82) is 0 Å². The number of ether oxygens (including phenoxy) is 1. The molecule has 1 unspecified atom stereocenters. The van der Waals surface area contributed by atoms with Crippen LogP contribution in [0.2, 0.25) is 0 Å². The Morgan fingerprint density at radius 2 is 1.75 bits per heavy atom. The van der Waals surface area contributed by atoms with Crippen molar-refractivity contribution in [2.45, 2.75) is 39.3 Å². The van der Waals surface area contributed by atoms with Crippen molar-refractivity contribution in [3.05, 3.63) is 94.5 Å². The van der Waals surface area contributed by atoms with Crippen molar-refractivity contribution in [1.82, 2.24) is 0 Å². The van der Waals surface area contributed by atoms with E-state index in [-0.39, 0.29) is 11.8 Å². The van der Waals surface area contributed by atoms with Crippen molar-refractivity contribution < 1.29 is 9.53 Å². The number of benzene rings is 3. The lowest BCUT2D eigenvalue weighted by atomic mass is 9.99. The number of aryl methyl sites for hydroxylation is 2. The molecule has 0 saturated carbocycles. The van der Waals surface area contributed by atoms with E-state index in [2.05, 4.69) is 49.5 Å². The summed E-state index contributed by atoms with van der Waals surface area (Å²) in [6.07, 6.45) is 0.971. The van der Waals surface area contributed by atoms with Crippen molar-refractivity contribution >= 4 is 11.5 Å². The number of carbonyl (C=O) groups excluding carboxylic acids is 1. The summed E-state index contributed by atoms with van der Waals surface area (Å²) in [4.78, 5) is 12.6. The molecule has 0 amide bonds. The summed E-state index contributed by atoms with van der Waals surface area (Å²) in [5, 5.41) is 3.60. The minimum absolute atomic E-state index is 0.0452. The van der Waals surface area contributed by atoms with E-state index in [4.69, 9.17) is 4.74 Å². The fourth-order valence-electron chi connectivity index (χ4n) is 3.67. The molecule has 3 nitrogen and oxygen atoms in total. The van der Waals surface area contributed by atoms with Crippen LogP contribution in [0.1, 0.15) is 40.3 Å². The van der Waals surface area contributed by atoms with Crippen LogP contribution in [-0.2, 0) is 17.8 Å². The highest BCUT2D eigenvalue weighted by Crippen LogP contribution is 2.33. The van der Waals surface area contributed by atoms with Gasteiger partial charge in [0.15, 0.2) is 0 Å². The summed E-state index contributed by atoms with van der Waals surface area (Å²) in [5.41, 5.74) is 6.82. The Balaban J connectivity index is 1.56. The molecule has 0 radical (unpaired) electrons. The number of Topliss-reactive ketones (excluding diaryl/α,β-unsaturated/α-hetero) is 1. The molecular formula is C25H25NO2. The van der Waals surface area contributed by atoms with Crippen LogP contribution in [0.15, 0.2) is 66.7 Å². The predicted octanol–water partition coefficient (Wildman–Crippen LogP) is 5.55. The Kier molecular flexibility index (Phi) is 5.16. The molecule has 0 aromatic heterocycles. The van der Waals surface area contributed by atoms with Crippen LogP contribution in [-0.4, -0.2) is 5.78 Å². The second-order valence-electron chi connectivity index (χ2n) is 7.56. The molecule has 0 saturated heterocycles. The quantitative estimate of drug-likeness (QED) is 0.653. The van der Waals surface area contributed by atoms with E-state index in [1.807, 2.05) is 36.4 Å². The first-order valence-electron chi connectivity index (χ1n) is 9.73. The van der Waals surface area contributed by atoms with E-state index in [0.29, 0.717) is 19.4 Å². The monoisotopic (exact) mass is 371 g/mol. The Hall–Kier alpha value is -3.07. The van der Waals surface area contributed by atoms with Crippen molar-refractivity contribution in [2.24, 2.45) is 0 Å². The Morgan fingerprint density at radius 1 is 0.964 bits per heavy atom. The van der Waals surface area contributed by atoms with Gasteiger partial charge in [-0.05, 0) is 59.9 Å². The maximum atomic E-state index is 12.6. The van der Waals surface area contributed by atoms with Gasteiger partial charge in [0.1, 0.15) is 18.1 Å². The maximum absolute atomic E-state index is 12.6. The second kappa shape index (κ2) is 7.89. The largest absolute Gasteiger partial charge is 0.489 e. The molecule has 1 heterocycles. The lowest BCUT2D eigenvalue weighted by molar-refractivity contribution is -0.118. The summed E-state index contributed by atoms with van der Waals surface area (Å²) >= 11 is 0. The minimum Gasteiger partial charge on any atom is -0.489 e. The molecule has 3 aromatic rings. The zero-order valence-corrected chi connectivity index (χ0v) is 16.4. The lowest BCUT2D eigenvalue weighted by Crippen LogP contribution is -2.13. The van der Waals surface area contributed by atoms with Gasteiger partial charge < -0.3 is 10.1 Å². The van der Waals surface area contributed by atoms with Crippen molar-refractivity contribution in [3.8, 4) is 5.75 Å². The van der Waals surface area contributed by atoms with Gasteiger partial charge in [-0.25, -0.2) is 0 Å². The molecule has 0 bridgehead atoms. The fourth-order valence-corrected chi connectivity index (χ4v) is 3.67. The van der Waals surface area contributed by atoms with Gasteiger partial charge in [0.2, 0.25) is 0 Å². The van der Waals surface area contributed by atoms with E-state index in [1.54, 1.807) is 0 Å². The number of nitrogens with one attached hydrogen (secondary N) is 1. The Morgan fingerprint density at radius 3 is 2.57 bits per heavy atom. The highest BCUT2D eigenvalue weighted by Gasteiger charge is 2.23. The molecule has 1 aliphatic heterocycles. The normalized spacial score (nSPS) is 16.1. The Labute approximate surface area is 166 Å². The highest BCUT2D eigenvalue weighted by atomic mass is 16.5. The molecule has 1 atom stereocenters. The van der Waals surface area contributed by atoms with Gasteiger partial charge in [0, 0.05) is 18.5 Å². The molecule has 1 aliphatic rings. The van der Waals surface area contributed by atoms with E-state index >= 15 is 0 Å². The number of hydrogen-bond donors (Lipinski definition) is 1. The first kappa shape index (κ1) is 18.3. The molecule has 4 rings (SSSR count). The van der Waals surface area contributed by atoms with Crippen LogP contribution in [0.3, 0.4) is 0 Å². The smallest absolute Gasteiger partial charge is 0.139 e. The molecule has 0 spiro atoms. The molecule has 3 heteroatoms. The van der Waals surface area contributed by atoms with Gasteiger partial charge in [-0.1, -0.05) is 48.5 Å². The van der Waals surface area contributed by atoms with E-state index in [0.717, 1.165) is 28.1 Å². The fraction of sp³-hybridized carbons (Fsp3) is 0.240. The van der Waals surface area contributed by atoms with E-state index in [9.17, 15) is 4.79 Å². The number of carbonyl (C=O) groups is 1. The molecule has 28 heavy (non-hydrogen) atoms. The number of rotatable bonds is 4.